The highest BCUT2D eigenvalue weighted by molar-refractivity contribution is 7.47. The second-order valence-corrected chi connectivity index (χ2v) is 31.5. The van der Waals surface area contributed by atoms with Crippen molar-refractivity contribution in [2.24, 2.45) is 17.8 Å². The van der Waals surface area contributed by atoms with E-state index in [4.69, 9.17) is 37.0 Å². The van der Waals surface area contributed by atoms with Crippen LogP contribution in [0.15, 0.2) is 0 Å². The Hall–Kier alpha value is -1.94. The van der Waals surface area contributed by atoms with Crippen molar-refractivity contribution in [1.82, 2.24) is 0 Å². The van der Waals surface area contributed by atoms with Gasteiger partial charge in [0.15, 0.2) is 12.2 Å². The van der Waals surface area contributed by atoms with E-state index in [0.29, 0.717) is 31.6 Å². The Morgan fingerprint density at radius 3 is 0.800 bits per heavy atom. The van der Waals surface area contributed by atoms with E-state index in [1.54, 1.807) is 0 Å². The van der Waals surface area contributed by atoms with Crippen molar-refractivity contribution < 1.29 is 80.2 Å². The van der Waals surface area contributed by atoms with Gasteiger partial charge in [-0.15, -0.1) is 0 Å². The van der Waals surface area contributed by atoms with Gasteiger partial charge in [0.25, 0.3) is 0 Å². The van der Waals surface area contributed by atoms with Crippen LogP contribution in [0.1, 0.15) is 389 Å². The standard InChI is InChI=1S/C76H148O17P2/c1-8-10-11-12-13-36-43-50-57-73(78)86-63-72(93-76(81)60-53-46-39-32-34-41-48-55-68(5)6)66-91-95(84,85)89-62-70(77)61-88-94(82,83)90-65-71(64-87-74(79)58-51-44-37-30-26-23-22-24-28-33-40-47-54-67(3)4)92-75(80)59-52-45-38-31-27-21-19-17-15-14-16-18-20-25-29-35-42-49-56-69(7)9-2/h67-72,77H,8-66H2,1-7H3,(H,82,83)(H,84,85)/t69?,70-,71-,72-/m1/s1. The highest BCUT2D eigenvalue weighted by atomic mass is 31.2. The Balaban J connectivity index is 5.16. The van der Waals surface area contributed by atoms with Crippen molar-refractivity contribution in [2.75, 3.05) is 39.6 Å². The third-order valence-electron chi connectivity index (χ3n) is 18.0. The van der Waals surface area contributed by atoms with Gasteiger partial charge in [0.05, 0.1) is 26.4 Å². The third-order valence-corrected chi connectivity index (χ3v) is 19.9. The summed E-state index contributed by atoms with van der Waals surface area (Å²) in [6.07, 6.45) is 53.0. The van der Waals surface area contributed by atoms with Gasteiger partial charge in [-0.3, -0.25) is 37.3 Å². The molecule has 17 nitrogen and oxygen atoms in total. The number of phosphoric acid groups is 2. The zero-order valence-electron chi connectivity index (χ0n) is 62.1. The molecule has 0 saturated heterocycles. The lowest BCUT2D eigenvalue weighted by Gasteiger charge is -2.21. The number of carbonyl (C=O) groups is 4. The van der Waals surface area contributed by atoms with Gasteiger partial charge in [0.1, 0.15) is 19.3 Å². The monoisotopic (exact) mass is 1400 g/mol. The maximum Gasteiger partial charge on any atom is 0.472 e. The summed E-state index contributed by atoms with van der Waals surface area (Å²) in [6, 6.07) is 0. The molecule has 0 aliphatic heterocycles. The molecule has 0 aliphatic rings. The molecule has 3 N–H and O–H groups in total. The van der Waals surface area contributed by atoms with Crippen LogP contribution in [-0.4, -0.2) is 96.7 Å². The Morgan fingerprint density at radius 2 is 0.537 bits per heavy atom. The number of rotatable bonds is 74. The van der Waals surface area contributed by atoms with Crippen LogP contribution in [0.3, 0.4) is 0 Å². The molecule has 95 heavy (non-hydrogen) atoms. The molecule has 0 heterocycles. The van der Waals surface area contributed by atoms with Crippen LogP contribution >= 0.6 is 15.6 Å². The fraction of sp³-hybridized carbons (Fsp3) is 0.947. The Kier molecular flexibility index (Phi) is 65.2. The van der Waals surface area contributed by atoms with Crippen molar-refractivity contribution in [2.45, 2.75) is 407 Å². The van der Waals surface area contributed by atoms with Gasteiger partial charge >= 0.3 is 39.5 Å². The topological polar surface area (TPSA) is 237 Å². The van der Waals surface area contributed by atoms with E-state index in [9.17, 15) is 43.2 Å². The van der Waals surface area contributed by atoms with Crippen molar-refractivity contribution in [1.29, 1.82) is 0 Å². The van der Waals surface area contributed by atoms with E-state index in [2.05, 4.69) is 48.5 Å². The number of phosphoric ester groups is 2. The maximum absolute atomic E-state index is 13.1. The molecule has 0 aromatic carbocycles. The molecule has 0 saturated carbocycles. The van der Waals surface area contributed by atoms with E-state index in [1.165, 1.54) is 193 Å². The summed E-state index contributed by atoms with van der Waals surface area (Å²) in [5, 5.41) is 10.6. The number of ether oxygens (including phenoxy) is 4. The van der Waals surface area contributed by atoms with Gasteiger partial charge in [-0.2, -0.15) is 0 Å². The van der Waals surface area contributed by atoms with E-state index in [0.717, 1.165) is 108 Å². The van der Waals surface area contributed by atoms with Crippen molar-refractivity contribution in [3.8, 4) is 0 Å². The van der Waals surface area contributed by atoms with E-state index in [1.807, 2.05) is 0 Å². The largest absolute Gasteiger partial charge is 0.472 e. The summed E-state index contributed by atoms with van der Waals surface area (Å²) < 4.78 is 68.4. The van der Waals surface area contributed by atoms with Crippen molar-refractivity contribution in [3.05, 3.63) is 0 Å². The van der Waals surface area contributed by atoms with Crippen LogP contribution in [0.5, 0.6) is 0 Å². The fourth-order valence-corrected chi connectivity index (χ4v) is 13.1. The normalized spacial score (nSPS) is 14.4. The number of esters is 4. The fourth-order valence-electron chi connectivity index (χ4n) is 11.6. The number of hydrogen-bond donors (Lipinski definition) is 3. The van der Waals surface area contributed by atoms with Gasteiger partial charge < -0.3 is 33.8 Å². The first-order chi connectivity index (χ1) is 45.8. The Bertz CT molecular complexity index is 1850. The zero-order valence-corrected chi connectivity index (χ0v) is 63.9. The van der Waals surface area contributed by atoms with Gasteiger partial charge in [-0.25, -0.2) is 9.13 Å². The van der Waals surface area contributed by atoms with Crippen molar-refractivity contribution >= 4 is 39.5 Å². The zero-order chi connectivity index (χ0) is 70.1. The molecule has 0 spiro atoms. The minimum atomic E-state index is -4.96. The summed E-state index contributed by atoms with van der Waals surface area (Å²) in [4.78, 5) is 72.6. The first-order valence-corrected chi connectivity index (χ1v) is 42.4. The number of aliphatic hydroxyl groups is 1. The Labute approximate surface area is 581 Å². The molecular formula is C76H148O17P2. The first-order valence-electron chi connectivity index (χ1n) is 39.4. The molecule has 0 aromatic rings. The van der Waals surface area contributed by atoms with Crippen LogP contribution in [0.25, 0.3) is 0 Å². The first kappa shape index (κ1) is 93.1. The van der Waals surface area contributed by atoms with Gasteiger partial charge in [-0.05, 0) is 43.4 Å². The van der Waals surface area contributed by atoms with Gasteiger partial charge in [0.2, 0.25) is 0 Å². The lowest BCUT2D eigenvalue weighted by molar-refractivity contribution is -0.161. The van der Waals surface area contributed by atoms with Crippen LogP contribution in [-0.2, 0) is 65.4 Å². The van der Waals surface area contributed by atoms with Crippen LogP contribution in [0, 0.1) is 17.8 Å². The molecule has 0 radical (unpaired) electrons. The quantitative estimate of drug-likeness (QED) is 0.0222. The molecule has 0 aromatic heterocycles. The predicted molar refractivity (Wildman–Crippen MR) is 386 cm³/mol. The molecule has 0 aliphatic carbocycles. The summed E-state index contributed by atoms with van der Waals surface area (Å²) in [5.41, 5.74) is 0. The molecule has 0 fully saturated rings. The van der Waals surface area contributed by atoms with E-state index < -0.39 is 97.5 Å². The second kappa shape index (κ2) is 66.6. The molecule has 0 bridgehead atoms. The predicted octanol–water partition coefficient (Wildman–Crippen LogP) is 22.2. The second-order valence-electron chi connectivity index (χ2n) is 28.6. The third kappa shape index (κ3) is 69.0. The number of hydrogen-bond acceptors (Lipinski definition) is 15. The Morgan fingerprint density at radius 1 is 0.305 bits per heavy atom. The summed E-state index contributed by atoms with van der Waals surface area (Å²) in [7, 11) is -9.91. The smallest absolute Gasteiger partial charge is 0.462 e. The molecule has 19 heteroatoms. The minimum Gasteiger partial charge on any atom is -0.462 e. The SMILES string of the molecule is CCCCCCCCCCC(=O)OC[C@H](COP(=O)(O)OC[C@H](O)COP(=O)(O)OC[C@@H](COC(=O)CCCCCCCCCCCCCCC(C)C)OC(=O)CCCCCCCCCCCCCCCCCCCCC(C)CC)OC(=O)CCCCCCCCCC(C)C. The van der Waals surface area contributed by atoms with Crippen molar-refractivity contribution in [3.63, 3.8) is 0 Å². The minimum absolute atomic E-state index is 0.103. The van der Waals surface area contributed by atoms with Gasteiger partial charge in [0, 0.05) is 25.7 Å². The number of unbranched alkanes of at least 4 members (excludes halogenated alkanes) is 41. The number of aliphatic hydroxyl groups excluding tert-OH is 1. The van der Waals surface area contributed by atoms with Gasteiger partial charge in [-0.1, -0.05) is 337 Å². The van der Waals surface area contributed by atoms with Crippen LogP contribution in [0.4, 0.5) is 0 Å². The summed E-state index contributed by atoms with van der Waals surface area (Å²) in [6.45, 7) is 11.9. The molecule has 564 valence electrons. The maximum atomic E-state index is 13.1. The lowest BCUT2D eigenvalue weighted by Crippen LogP contribution is -2.30. The van der Waals surface area contributed by atoms with E-state index >= 15 is 0 Å². The molecule has 6 atom stereocenters. The van der Waals surface area contributed by atoms with Crippen LogP contribution < -0.4 is 0 Å². The van der Waals surface area contributed by atoms with E-state index in [-0.39, 0.29) is 25.7 Å². The lowest BCUT2D eigenvalue weighted by atomic mass is 9.99. The highest BCUT2D eigenvalue weighted by Crippen LogP contribution is 2.45. The summed E-state index contributed by atoms with van der Waals surface area (Å²) >= 11 is 0. The van der Waals surface area contributed by atoms with Crippen LogP contribution in [0.2, 0.25) is 0 Å². The average molecular weight is 1400 g/mol. The molecule has 3 unspecified atom stereocenters. The average Bonchev–Trinajstić information content (AvgIpc) is 1.54. The molecule has 0 amide bonds. The molecule has 0 rings (SSSR count). The summed E-state index contributed by atoms with van der Waals surface area (Å²) in [5.74, 6) is 0.225. The number of carbonyl (C=O) groups excluding carboxylic acids is 4. The highest BCUT2D eigenvalue weighted by Gasteiger charge is 2.30. The molecular weight excluding hydrogens is 1250 g/mol.